The van der Waals surface area contributed by atoms with Crippen molar-refractivity contribution in [1.82, 2.24) is 0 Å². The number of fused-ring (bicyclic) bond motifs is 1. The summed E-state index contributed by atoms with van der Waals surface area (Å²) in [7, 11) is 0. The maximum Gasteiger partial charge on any atom is 0.0389 e. The zero-order valence-electron chi connectivity index (χ0n) is 13.8. The Kier molecular flexibility index (Phi) is 7.81. The summed E-state index contributed by atoms with van der Waals surface area (Å²) in [6, 6.07) is 2.70. The molecule has 0 saturated heterocycles. The van der Waals surface area contributed by atoms with Gasteiger partial charge in [-0.15, -0.1) is 11.3 Å². The van der Waals surface area contributed by atoms with Crippen LogP contribution in [0.4, 0.5) is 0 Å². The molecule has 1 aliphatic carbocycles. The van der Waals surface area contributed by atoms with Crippen molar-refractivity contribution < 1.29 is 0 Å². The van der Waals surface area contributed by atoms with E-state index in [2.05, 4.69) is 13.0 Å². The Morgan fingerprint density at radius 3 is 2.38 bits per heavy atom. The van der Waals surface area contributed by atoms with Gasteiger partial charge in [0.1, 0.15) is 0 Å². The highest BCUT2D eigenvalue weighted by Crippen LogP contribution is 2.33. The van der Waals surface area contributed by atoms with Crippen LogP contribution in [0.2, 0.25) is 0 Å². The number of hydrogen-bond acceptors (Lipinski definition) is 2. The summed E-state index contributed by atoms with van der Waals surface area (Å²) < 4.78 is 0. The van der Waals surface area contributed by atoms with Crippen molar-refractivity contribution in [3.63, 3.8) is 0 Å². The first-order chi connectivity index (χ1) is 10.3. The van der Waals surface area contributed by atoms with Gasteiger partial charge < -0.3 is 5.73 Å². The van der Waals surface area contributed by atoms with Crippen molar-refractivity contribution in [2.45, 2.75) is 96.4 Å². The van der Waals surface area contributed by atoms with Gasteiger partial charge in [-0.2, -0.15) is 0 Å². The third kappa shape index (κ3) is 5.75. The minimum Gasteiger partial charge on any atom is -0.323 e. The lowest BCUT2D eigenvalue weighted by Crippen LogP contribution is -2.08. The van der Waals surface area contributed by atoms with Crippen LogP contribution in [0.15, 0.2) is 6.07 Å². The second-order valence-electron chi connectivity index (χ2n) is 6.67. The topological polar surface area (TPSA) is 26.0 Å². The largest absolute Gasteiger partial charge is 0.323 e. The molecule has 21 heavy (non-hydrogen) atoms. The molecule has 1 heterocycles. The van der Waals surface area contributed by atoms with Crippen LogP contribution in [0, 0.1) is 0 Å². The van der Waals surface area contributed by atoms with Crippen molar-refractivity contribution >= 4 is 11.3 Å². The van der Waals surface area contributed by atoms with Crippen LogP contribution in [0.3, 0.4) is 0 Å². The summed E-state index contributed by atoms with van der Waals surface area (Å²) in [4.78, 5) is 3.08. The number of rotatable bonds is 10. The summed E-state index contributed by atoms with van der Waals surface area (Å²) >= 11 is 2.00. The zero-order chi connectivity index (χ0) is 14.9. The average molecular weight is 308 g/mol. The van der Waals surface area contributed by atoms with Crippen molar-refractivity contribution in [2.24, 2.45) is 5.73 Å². The van der Waals surface area contributed by atoms with Gasteiger partial charge >= 0.3 is 0 Å². The lowest BCUT2D eigenvalue weighted by atomic mass is 9.98. The van der Waals surface area contributed by atoms with Gasteiger partial charge in [0.05, 0.1) is 0 Å². The van der Waals surface area contributed by atoms with Crippen molar-refractivity contribution in [3.05, 3.63) is 21.4 Å². The Labute approximate surface area is 135 Å². The van der Waals surface area contributed by atoms with Gasteiger partial charge in [-0.3, -0.25) is 0 Å². The maximum atomic E-state index is 6.40. The number of unbranched alkanes of at least 4 members (excludes halogenated alkanes) is 7. The quantitative estimate of drug-likeness (QED) is 0.515. The fourth-order valence-electron chi connectivity index (χ4n) is 3.34. The lowest BCUT2D eigenvalue weighted by molar-refractivity contribution is 0.539. The minimum absolute atomic E-state index is 0.292. The van der Waals surface area contributed by atoms with Gasteiger partial charge in [-0.05, 0) is 43.7 Å². The van der Waals surface area contributed by atoms with E-state index in [0.717, 1.165) is 0 Å². The van der Waals surface area contributed by atoms with Gasteiger partial charge in [0.25, 0.3) is 0 Å². The average Bonchev–Trinajstić information content (AvgIpc) is 2.94. The normalized spacial score (nSPS) is 15.9. The maximum absolute atomic E-state index is 6.40. The number of hydrogen-bond donors (Lipinski definition) is 1. The Bertz CT molecular complexity index is 373. The predicted molar refractivity (Wildman–Crippen MR) is 95.1 cm³/mol. The molecule has 0 spiro atoms. The zero-order valence-corrected chi connectivity index (χ0v) is 14.6. The van der Waals surface area contributed by atoms with Crippen LogP contribution in [-0.4, -0.2) is 0 Å². The molecule has 2 rings (SSSR count). The molecular formula is C19H33NS. The van der Waals surface area contributed by atoms with E-state index in [-0.39, 0.29) is 0 Å². The molecule has 0 bridgehead atoms. The molecule has 0 aliphatic heterocycles. The molecule has 1 nitrogen and oxygen atoms in total. The molecule has 1 aliphatic rings. The van der Waals surface area contributed by atoms with Gasteiger partial charge in [-0.1, -0.05) is 58.3 Å². The van der Waals surface area contributed by atoms with Crippen molar-refractivity contribution in [2.75, 3.05) is 0 Å². The molecule has 120 valence electrons. The molecule has 0 radical (unpaired) electrons. The number of nitrogens with two attached hydrogens (primary N) is 1. The highest BCUT2D eigenvalue weighted by Gasteiger charge is 2.16. The minimum atomic E-state index is 0.292. The summed E-state index contributed by atoms with van der Waals surface area (Å²) in [6.45, 7) is 2.28. The predicted octanol–water partition coefficient (Wildman–Crippen LogP) is 6.16. The molecular weight excluding hydrogens is 274 g/mol. The van der Waals surface area contributed by atoms with Crippen LogP contribution >= 0.6 is 11.3 Å². The lowest BCUT2D eigenvalue weighted by Gasteiger charge is -2.09. The highest BCUT2D eigenvalue weighted by molar-refractivity contribution is 7.12. The van der Waals surface area contributed by atoms with E-state index in [9.17, 15) is 0 Å². The first-order valence-electron chi connectivity index (χ1n) is 9.18. The third-order valence-corrected chi connectivity index (χ3v) is 6.12. The first kappa shape index (κ1) is 17.0. The smallest absolute Gasteiger partial charge is 0.0389 e. The van der Waals surface area contributed by atoms with Gasteiger partial charge in [0.15, 0.2) is 0 Å². The molecule has 2 N–H and O–H groups in total. The summed E-state index contributed by atoms with van der Waals surface area (Å²) in [5.41, 5.74) is 8.00. The molecule has 1 unspecified atom stereocenters. The van der Waals surface area contributed by atoms with E-state index >= 15 is 0 Å². The monoisotopic (exact) mass is 307 g/mol. The van der Waals surface area contributed by atoms with E-state index in [4.69, 9.17) is 5.73 Å². The molecule has 1 aromatic rings. The summed E-state index contributed by atoms with van der Waals surface area (Å²) in [5.74, 6) is 0. The molecule has 0 amide bonds. The Morgan fingerprint density at radius 2 is 1.67 bits per heavy atom. The van der Waals surface area contributed by atoms with E-state index in [1.807, 2.05) is 11.3 Å². The van der Waals surface area contributed by atoms with Crippen molar-refractivity contribution in [3.8, 4) is 0 Å². The number of aryl methyl sites for hydroxylation is 2. The fourth-order valence-corrected chi connectivity index (χ4v) is 4.63. The van der Waals surface area contributed by atoms with E-state index in [1.54, 1.807) is 10.4 Å². The fraction of sp³-hybridized carbons (Fsp3) is 0.789. The summed E-state index contributed by atoms with van der Waals surface area (Å²) in [5, 5.41) is 0. The molecule has 1 atom stereocenters. The van der Waals surface area contributed by atoms with Crippen molar-refractivity contribution in [1.29, 1.82) is 0 Å². The standard InChI is InChI=1S/C19H33NS/c1-2-3-4-5-6-7-8-9-13-17(20)19-15-16-12-10-11-14-18(16)21-19/h15,17H,2-14,20H2,1H3. The second kappa shape index (κ2) is 9.63. The molecule has 0 fully saturated rings. The summed E-state index contributed by atoms with van der Waals surface area (Å²) in [6.07, 6.45) is 17.6. The van der Waals surface area contributed by atoms with Crippen LogP contribution < -0.4 is 5.73 Å². The van der Waals surface area contributed by atoms with Gasteiger partial charge in [0, 0.05) is 15.8 Å². The number of thiophene rings is 1. The second-order valence-corrected chi connectivity index (χ2v) is 7.84. The Morgan fingerprint density at radius 1 is 1.00 bits per heavy atom. The van der Waals surface area contributed by atoms with E-state index < -0.39 is 0 Å². The molecule has 2 heteroatoms. The van der Waals surface area contributed by atoms with Gasteiger partial charge in [-0.25, -0.2) is 0 Å². The van der Waals surface area contributed by atoms with E-state index in [0.29, 0.717) is 6.04 Å². The van der Waals surface area contributed by atoms with Crippen LogP contribution in [0.25, 0.3) is 0 Å². The molecule has 1 aromatic heterocycles. The third-order valence-electron chi connectivity index (χ3n) is 4.75. The Hall–Kier alpha value is -0.340. The van der Waals surface area contributed by atoms with Crippen LogP contribution in [-0.2, 0) is 12.8 Å². The van der Waals surface area contributed by atoms with E-state index in [1.165, 1.54) is 88.3 Å². The van der Waals surface area contributed by atoms with Crippen LogP contribution in [0.1, 0.15) is 98.9 Å². The van der Waals surface area contributed by atoms with Gasteiger partial charge in [0.2, 0.25) is 0 Å². The SMILES string of the molecule is CCCCCCCCCCC(N)c1cc2c(s1)CCCC2. The first-order valence-corrected chi connectivity index (χ1v) is 10.00. The molecule has 0 aromatic carbocycles. The van der Waals surface area contributed by atoms with Crippen LogP contribution in [0.5, 0.6) is 0 Å². The highest BCUT2D eigenvalue weighted by atomic mass is 32.1. The Balaban J connectivity index is 1.59. The molecule has 0 saturated carbocycles.